The van der Waals surface area contributed by atoms with Crippen LogP contribution in [0.5, 0.6) is 0 Å². The number of carbonyl (C=O) groups is 2. The molecule has 5 nitrogen and oxygen atoms in total. The van der Waals surface area contributed by atoms with E-state index in [1.54, 1.807) is 17.3 Å². The van der Waals surface area contributed by atoms with Crippen LogP contribution in [0, 0.1) is 0 Å². The van der Waals surface area contributed by atoms with Gasteiger partial charge in [0, 0.05) is 43.4 Å². The van der Waals surface area contributed by atoms with Crippen LogP contribution in [-0.2, 0) is 22.6 Å². The molecule has 0 saturated carbocycles. The zero-order valence-corrected chi connectivity index (χ0v) is 15.1. The summed E-state index contributed by atoms with van der Waals surface area (Å²) < 4.78 is 0.951. The Morgan fingerprint density at radius 2 is 2.00 bits per heavy atom. The molecule has 2 aromatic rings. The Morgan fingerprint density at radius 1 is 1.21 bits per heavy atom. The van der Waals surface area contributed by atoms with Crippen molar-refractivity contribution < 1.29 is 9.59 Å². The maximum Gasteiger partial charge on any atom is 0.224 e. The Balaban J connectivity index is 1.80. The molecular weight excluding hydrogens is 370 g/mol. The van der Waals surface area contributed by atoms with Gasteiger partial charge >= 0.3 is 0 Å². The van der Waals surface area contributed by atoms with Crippen molar-refractivity contribution in [2.45, 2.75) is 19.9 Å². The third-order valence-corrected chi connectivity index (χ3v) is 3.99. The van der Waals surface area contributed by atoms with Crippen LogP contribution >= 0.6 is 15.9 Å². The van der Waals surface area contributed by atoms with Gasteiger partial charge in [-0.05, 0) is 29.3 Å². The van der Waals surface area contributed by atoms with Gasteiger partial charge in [-0.15, -0.1) is 0 Å². The van der Waals surface area contributed by atoms with Crippen molar-refractivity contribution in [3.05, 3.63) is 64.4 Å². The molecule has 0 aliphatic rings. The molecule has 1 aromatic carbocycles. The van der Waals surface area contributed by atoms with Crippen LogP contribution in [0.1, 0.15) is 18.1 Å². The lowest BCUT2D eigenvalue weighted by Crippen LogP contribution is -2.37. The van der Waals surface area contributed by atoms with Gasteiger partial charge in [-0.25, -0.2) is 0 Å². The number of carbonyl (C=O) groups excluding carboxylic acids is 2. The maximum absolute atomic E-state index is 12.0. The van der Waals surface area contributed by atoms with Gasteiger partial charge in [0.1, 0.15) is 0 Å². The Hall–Kier alpha value is -2.21. The van der Waals surface area contributed by atoms with Gasteiger partial charge in [0.15, 0.2) is 0 Å². The summed E-state index contributed by atoms with van der Waals surface area (Å²) in [5.41, 5.74) is 1.91. The van der Waals surface area contributed by atoms with Crippen molar-refractivity contribution in [1.82, 2.24) is 15.2 Å². The molecule has 0 atom stereocenters. The first-order valence-electron chi connectivity index (χ1n) is 7.70. The van der Waals surface area contributed by atoms with Gasteiger partial charge in [0.2, 0.25) is 11.8 Å². The summed E-state index contributed by atoms with van der Waals surface area (Å²) in [5.74, 6) is -0.0851. The first-order chi connectivity index (χ1) is 11.5. The third kappa shape index (κ3) is 6.12. The molecule has 1 aromatic heterocycles. The van der Waals surface area contributed by atoms with Crippen LogP contribution in [0.15, 0.2) is 53.3 Å². The molecular formula is C18H20BrN3O2. The van der Waals surface area contributed by atoms with Crippen molar-refractivity contribution in [2.24, 2.45) is 0 Å². The predicted octanol–water partition coefficient (Wildman–Crippen LogP) is 2.55. The third-order valence-electron chi connectivity index (χ3n) is 3.50. The fourth-order valence-corrected chi connectivity index (χ4v) is 2.73. The molecule has 0 saturated heterocycles. The van der Waals surface area contributed by atoms with E-state index in [4.69, 9.17) is 0 Å². The first-order valence-corrected chi connectivity index (χ1v) is 8.49. The van der Waals surface area contributed by atoms with Crippen LogP contribution in [0.4, 0.5) is 0 Å². The van der Waals surface area contributed by atoms with Crippen LogP contribution in [0.25, 0.3) is 0 Å². The molecule has 6 heteroatoms. The maximum atomic E-state index is 12.0. The van der Waals surface area contributed by atoms with Gasteiger partial charge < -0.3 is 10.2 Å². The van der Waals surface area contributed by atoms with E-state index in [-0.39, 0.29) is 11.8 Å². The highest BCUT2D eigenvalue weighted by atomic mass is 79.9. The van der Waals surface area contributed by atoms with Gasteiger partial charge in [0.05, 0.1) is 6.42 Å². The number of rotatable bonds is 7. The first kappa shape index (κ1) is 18.1. The fourth-order valence-electron chi connectivity index (χ4n) is 2.28. The normalized spacial score (nSPS) is 10.2. The predicted molar refractivity (Wildman–Crippen MR) is 96.2 cm³/mol. The van der Waals surface area contributed by atoms with Crippen LogP contribution in [0.3, 0.4) is 0 Å². The molecule has 0 radical (unpaired) electrons. The zero-order valence-electron chi connectivity index (χ0n) is 13.5. The zero-order chi connectivity index (χ0) is 17.4. The minimum Gasteiger partial charge on any atom is -0.354 e. The van der Waals surface area contributed by atoms with Crippen molar-refractivity contribution >= 4 is 27.7 Å². The summed E-state index contributed by atoms with van der Waals surface area (Å²) in [4.78, 5) is 29.5. The quantitative estimate of drug-likeness (QED) is 0.791. The molecule has 126 valence electrons. The minimum atomic E-state index is -0.0574. The number of hydrogen-bond donors (Lipinski definition) is 1. The van der Waals surface area contributed by atoms with E-state index in [1.165, 1.54) is 6.92 Å². The van der Waals surface area contributed by atoms with Crippen molar-refractivity contribution in [3.8, 4) is 0 Å². The lowest BCUT2D eigenvalue weighted by atomic mass is 10.1. The van der Waals surface area contributed by atoms with E-state index < -0.39 is 0 Å². The Morgan fingerprint density at radius 3 is 2.67 bits per heavy atom. The number of halogens is 1. The second-order valence-electron chi connectivity index (χ2n) is 5.46. The molecule has 2 amide bonds. The second kappa shape index (κ2) is 9.17. The monoisotopic (exact) mass is 389 g/mol. The van der Waals surface area contributed by atoms with E-state index in [0.29, 0.717) is 26.1 Å². The van der Waals surface area contributed by atoms with Crippen LogP contribution < -0.4 is 5.32 Å². The van der Waals surface area contributed by atoms with Gasteiger partial charge in [-0.3, -0.25) is 14.6 Å². The largest absolute Gasteiger partial charge is 0.354 e. The number of benzene rings is 1. The summed E-state index contributed by atoms with van der Waals surface area (Å²) in [5, 5.41) is 2.86. The van der Waals surface area contributed by atoms with E-state index in [2.05, 4.69) is 26.2 Å². The molecule has 2 rings (SSSR count). The van der Waals surface area contributed by atoms with Gasteiger partial charge in [-0.1, -0.05) is 34.1 Å². The number of amides is 2. The summed E-state index contributed by atoms with van der Waals surface area (Å²) in [6.07, 6.45) is 3.76. The van der Waals surface area contributed by atoms with Gasteiger partial charge in [0.25, 0.3) is 0 Å². The molecule has 1 N–H and O–H groups in total. The summed E-state index contributed by atoms with van der Waals surface area (Å²) in [6, 6.07) is 11.4. The highest BCUT2D eigenvalue weighted by molar-refractivity contribution is 9.10. The number of nitrogens with zero attached hydrogens (tertiary/aromatic N) is 2. The van der Waals surface area contributed by atoms with Crippen molar-refractivity contribution in [3.63, 3.8) is 0 Å². The highest BCUT2D eigenvalue weighted by Gasteiger charge is 2.10. The Kier molecular flexibility index (Phi) is 6.93. The minimum absolute atomic E-state index is 0.0277. The average molecular weight is 390 g/mol. The molecule has 0 fully saturated rings. The Labute approximate surface area is 150 Å². The van der Waals surface area contributed by atoms with E-state index in [0.717, 1.165) is 15.6 Å². The standard InChI is InChI=1S/C18H20BrN3O2/c1-14(23)22(13-16-5-3-7-20-12-16)9-8-21-18(24)11-15-4-2-6-17(19)10-15/h2-7,10,12H,8-9,11,13H2,1H3,(H,21,24). The van der Waals surface area contributed by atoms with E-state index in [9.17, 15) is 9.59 Å². The van der Waals surface area contributed by atoms with E-state index in [1.807, 2.05) is 36.4 Å². The lowest BCUT2D eigenvalue weighted by molar-refractivity contribution is -0.130. The molecule has 0 unspecified atom stereocenters. The molecule has 0 spiro atoms. The SMILES string of the molecule is CC(=O)N(CCNC(=O)Cc1cccc(Br)c1)Cc1cccnc1. The fraction of sp³-hybridized carbons (Fsp3) is 0.278. The number of nitrogens with one attached hydrogen (secondary N) is 1. The number of hydrogen-bond acceptors (Lipinski definition) is 3. The average Bonchev–Trinajstić information content (AvgIpc) is 2.54. The number of pyridine rings is 1. The van der Waals surface area contributed by atoms with Crippen molar-refractivity contribution in [1.29, 1.82) is 0 Å². The van der Waals surface area contributed by atoms with Gasteiger partial charge in [-0.2, -0.15) is 0 Å². The topological polar surface area (TPSA) is 62.3 Å². The second-order valence-corrected chi connectivity index (χ2v) is 6.37. The van der Waals surface area contributed by atoms with Crippen LogP contribution in [-0.4, -0.2) is 34.8 Å². The summed E-state index contributed by atoms with van der Waals surface area (Å²) in [6.45, 7) is 2.91. The molecule has 0 bridgehead atoms. The lowest BCUT2D eigenvalue weighted by Gasteiger charge is -2.21. The summed E-state index contributed by atoms with van der Waals surface area (Å²) >= 11 is 3.39. The Bertz CT molecular complexity index is 692. The molecule has 0 aliphatic heterocycles. The smallest absolute Gasteiger partial charge is 0.224 e. The highest BCUT2D eigenvalue weighted by Crippen LogP contribution is 2.11. The molecule has 24 heavy (non-hydrogen) atoms. The van der Waals surface area contributed by atoms with Crippen molar-refractivity contribution in [2.75, 3.05) is 13.1 Å². The number of aromatic nitrogens is 1. The van der Waals surface area contributed by atoms with Crippen LogP contribution in [0.2, 0.25) is 0 Å². The van der Waals surface area contributed by atoms with E-state index >= 15 is 0 Å². The molecule has 1 heterocycles. The summed E-state index contributed by atoms with van der Waals surface area (Å²) in [7, 11) is 0. The molecule has 0 aliphatic carbocycles.